The monoisotopic (exact) mass is 224 g/mol. The Morgan fingerprint density at radius 3 is 2.07 bits per heavy atom. The predicted octanol–water partition coefficient (Wildman–Crippen LogP) is 5.28. The van der Waals surface area contributed by atoms with Crippen LogP contribution in [0.2, 0.25) is 0 Å². The van der Waals surface area contributed by atoms with E-state index in [2.05, 4.69) is 45.0 Å². The molecule has 0 fully saturated rings. The molecule has 84 valence electrons. The van der Waals surface area contributed by atoms with Crippen LogP contribution in [0.3, 0.4) is 0 Å². The highest BCUT2D eigenvalue weighted by molar-refractivity contribution is 6.20. The van der Waals surface area contributed by atoms with Crippen LogP contribution in [0.4, 0.5) is 0 Å². The standard InChI is InChI=1S/C14H21Cl/c1-4-5-6-14(15)13-9-7-12(8-10-13)11(2)3/h7-11,14H,4-6H2,1-3H3. The summed E-state index contributed by atoms with van der Waals surface area (Å²) in [7, 11) is 0. The molecule has 1 aromatic carbocycles. The average Bonchev–Trinajstić information content (AvgIpc) is 2.26. The van der Waals surface area contributed by atoms with Gasteiger partial charge < -0.3 is 0 Å². The van der Waals surface area contributed by atoms with E-state index in [-0.39, 0.29) is 5.38 Å². The Labute approximate surface area is 98.7 Å². The van der Waals surface area contributed by atoms with E-state index in [1.54, 1.807) is 0 Å². The van der Waals surface area contributed by atoms with Crippen LogP contribution in [0.25, 0.3) is 0 Å². The van der Waals surface area contributed by atoms with Gasteiger partial charge in [0.15, 0.2) is 0 Å². The van der Waals surface area contributed by atoms with Crippen LogP contribution in [-0.2, 0) is 0 Å². The summed E-state index contributed by atoms with van der Waals surface area (Å²) in [5, 5.41) is 0.186. The van der Waals surface area contributed by atoms with Crippen LogP contribution in [0, 0.1) is 0 Å². The van der Waals surface area contributed by atoms with E-state index in [9.17, 15) is 0 Å². The molecule has 1 atom stereocenters. The molecule has 0 aliphatic heterocycles. The van der Waals surface area contributed by atoms with E-state index in [1.165, 1.54) is 24.0 Å². The molecule has 0 aromatic heterocycles. The first-order chi connectivity index (χ1) is 7.15. The Balaban J connectivity index is 2.62. The molecule has 1 rings (SSSR count). The van der Waals surface area contributed by atoms with Crippen LogP contribution in [0.1, 0.15) is 62.5 Å². The summed E-state index contributed by atoms with van der Waals surface area (Å²) in [5.41, 5.74) is 2.65. The molecule has 0 N–H and O–H groups in total. The third kappa shape index (κ3) is 3.87. The first-order valence-corrected chi connectivity index (χ1v) is 6.32. The third-order valence-corrected chi connectivity index (χ3v) is 3.25. The lowest BCUT2D eigenvalue weighted by Gasteiger charge is -2.11. The number of unbranched alkanes of at least 4 members (excludes halogenated alkanes) is 1. The minimum Gasteiger partial charge on any atom is -0.118 e. The Hall–Kier alpha value is -0.490. The van der Waals surface area contributed by atoms with Crippen molar-refractivity contribution >= 4 is 11.6 Å². The molecule has 0 heterocycles. The lowest BCUT2D eigenvalue weighted by Crippen LogP contribution is -1.92. The quantitative estimate of drug-likeness (QED) is 0.597. The molecule has 0 aliphatic rings. The van der Waals surface area contributed by atoms with Gasteiger partial charge in [-0.2, -0.15) is 0 Å². The fourth-order valence-electron chi connectivity index (χ4n) is 1.64. The molecule has 0 saturated heterocycles. The molecule has 1 unspecified atom stereocenters. The van der Waals surface area contributed by atoms with E-state index < -0.39 is 0 Å². The van der Waals surface area contributed by atoms with Gasteiger partial charge in [-0.25, -0.2) is 0 Å². The van der Waals surface area contributed by atoms with Crippen LogP contribution >= 0.6 is 11.6 Å². The molecule has 0 spiro atoms. The van der Waals surface area contributed by atoms with Gasteiger partial charge >= 0.3 is 0 Å². The molecule has 1 heteroatoms. The van der Waals surface area contributed by atoms with Crippen molar-refractivity contribution in [3.8, 4) is 0 Å². The van der Waals surface area contributed by atoms with E-state index in [0.29, 0.717) is 5.92 Å². The topological polar surface area (TPSA) is 0 Å². The zero-order chi connectivity index (χ0) is 11.3. The Morgan fingerprint density at radius 1 is 1.07 bits per heavy atom. The normalized spacial score (nSPS) is 13.1. The summed E-state index contributed by atoms with van der Waals surface area (Å²) in [5.74, 6) is 0.600. The highest BCUT2D eigenvalue weighted by Gasteiger charge is 2.07. The van der Waals surface area contributed by atoms with E-state index in [0.717, 1.165) is 6.42 Å². The van der Waals surface area contributed by atoms with Crippen molar-refractivity contribution < 1.29 is 0 Å². The maximum Gasteiger partial charge on any atom is 0.0585 e. The molecule has 0 saturated carbocycles. The van der Waals surface area contributed by atoms with Gasteiger partial charge in [-0.3, -0.25) is 0 Å². The molecule has 0 amide bonds. The Morgan fingerprint density at radius 2 is 1.60 bits per heavy atom. The Kier molecular flexibility index (Phi) is 5.17. The zero-order valence-electron chi connectivity index (χ0n) is 9.96. The second kappa shape index (κ2) is 6.17. The van der Waals surface area contributed by atoms with Crippen molar-refractivity contribution in [3.05, 3.63) is 35.4 Å². The van der Waals surface area contributed by atoms with Crippen LogP contribution < -0.4 is 0 Å². The van der Waals surface area contributed by atoms with Crippen LogP contribution in [0.15, 0.2) is 24.3 Å². The van der Waals surface area contributed by atoms with Crippen molar-refractivity contribution in [1.29, 1.82) is 0 Å². The first kappa shape index (κ1) is 12.6. The highest BCUT2D eigenvalue weighted by atomic mass is 35.5. The fourth-order valence-corrected chi connectivity index (χ4v) is 1.94. The number of hydrogen-bond donors (Lipinski definition) is 0. The van der Waals surface area contributed by atoms with E-state index in [1.807, 2.05) is 0 Å². The molecule has 0 bridgehead atoms. The number of rotatable bonds is 5. The van der Waals surface area contributed by atoms with Crippen LogP contribution in [0.5, 0.6) is 0 Å². The van der Waals surface area contributed by atoms with Gasteiger partial charge in [0.25, 0.3) is 0 Å². The molecule has 1 aromatic rings. The lowest BCUT2D eigenvalue weighted by molar-refractivity contribution is 0.700. The minimum absolute atomic E-state index is 0.186. The first-order valence-electron chi connectivity index (χ1n) is 5.89. The summed E-state index contributed by atoms with van der Waals surface area (Å²) in [4.78, 5) is 0. The lowest BCUT2D eigenvalue weighted by atomic mass is 9.99. The third-order valence-electron chi connectivity index (χ3n) is 2.78. The van der Waals surface area contributed by atoms with Gasteiger partial charge in [0.1, 0.15) is 0 Å². The second-order valence-electron chi connectivity index (χ2n) is 4.43. The highest BCUT2D eigenvalue weighted by Crippen LogP contribution is 2.27. The van der Waals surface area contributed by atoms with Crippen molar-refractivity contribution in [3.63, 3.8) is 0 Å². The molecule has 0 nitrogen and oxygen atoms in total. The average molecular weight is 225 g/mol. The zero-order valence-corrected chi connectivity index (χ0v) is 10.7. The van der Waals surface area contributed by atoms with E-state index in [4.69, 9.17) is 11.6 Å². The fraction of sp³-hybridized carbons (Fsp3) is 0.571. The van der Waals surface area contributed by atoms with Gasteiger partial charge in [-0.05, 0) is 23.5 Å². The number of alkyl halides is 1. The summed E-state index contributed by atoms with van der Waals surface area (Å²) in [6, 6.07) is 8.73. The molecule has 0 aliphatic carbocycles. The Bertz CT molecular complexity index is 274. The smallest absolute Gasteiger partial charge is 0.0585 e. The minimum atomic E-state index is 0.186. The maximum atomic E-state index is 6.32. The molecular formula is C14H21Cl. The number of hydrogen-bond acceptors (Lipinski definition) is 0. The van der Waals surface area contributed by atoms with Crippen LogP contribution in [-0.4, -0.2) is 0 Å². The van der Waals surface area contributed by atoms with Gasteiger partial charge in [0.05, 0.1) is 5.38 Å². The van der Waals surface area contributed by atoms with Gasteiger partial charge in [0.2, 0.25) is 0 Å². The summed E-state index contributed by atoms with van der Waals surface area (Å²) in [6.45, 7) is 6.63. The van der Waals surface area contributed by atoms with Crippen molar-refractivity contribution in [2.24, 2.45) is 0 Å². The SMILES string of the molecule is CCCCC(Cl)c1ccc(C(C)C)cc1. The predicted molar refractivity (Wildman–Crippen MR) is 68.7 cm³/mol. The second-order valence-corrected chi connectivity index (χ2v) is 4.96. The number of halogens is 1. The van der Waals surface area contributed by atoms with Gasteiger partial charge in [-0.15, -0.1) is 11.6 Å². The summed E-state index contributed by atoms with van der Waals surface area (Å²) in [6.07, 6.45) is 3.51. The largest absolute Gasteiger partial charge is 0.118 e. The van der Waals surface area contributed by atoms with Crippen molar-refractivity contribution in [2.75, 3.05) is 0 Å². The van der Waals surface area contributed by atoms with Gasteiger partial charge in [0, 0.05) is 0 Å². The van der Waals surface area contributed by atoms with Gasteiger partial charge in [-0.1, -0.05) is 57.9 Å². The summed E-state index contributed by atoms with van der Waals surface area (Å²) < 4.78 is 0. The molecular weight excluding hydrogens is 204 g/mol. The maximum absolute atomic E-state index is 6.32. The van der Waals surface area contributed by atoms with Crippen molar-refractivity contribution in [2.45, 2.75) is 51.3 Å². The number of benzene rings is 1. The molecule has 15 heavy (non-hydrogen) atoms. The van der Waals surface area contributed by atoms with Crippen molar-refractivity contribution in [1.82, 2.24) is 0 Å². The molecule has 0 radical (unpaired) electrons. The van der Waals surface area contributed by atoms with E-state index >= 15 is 0 Å². The summed E-state index contributed by atoms with van der Waals surface area (Å²) >= 11 is 6.32.